The lowest BCUT2D eigenvalue weighted by Gasteiger charge is -2.35. The van der Waals surface area contributed by atoms with Crippen LogP contribution in [-0.2, 0) is 4.79 Å². The van der Waals surface area contributed by atoms with E-state index < -0.39 is 0 Å². The van der Waals surface area contributed by atoms with Gasteiger partial charge >= 0.3 is 0 Å². The number of para-hydroxylation sites is 1. The van der Waals surface area contributed by atoms with Gasteiger partial charge in [-0.15, -0.1) is 0 Å². The number of benzene rings is 2. The first-order valence-corrected chi connectivity index (χ1v) is 11.5. The lowest BCUT2D eigenvalue weighted by atomic mass is 9.85. The Labute approximate surface area is 183 Å². The Morgan fingerprint density at radius 2 is 1.73 bits per heavy atom. The Morgan fingerprint density at radius 3 is 2.40 bits per heavy atom. The summed E-state index contributed by atoms with van der Waals surface area (Å²) < 4.78 is 0. The minimum Gasteiger partial charge on any atom is -0.378 e. The van der Waals surface area contributed by atoms with Gasteiger partial charge in [0.25, 0.3) is 5.91 Å². The highest BCUT2D eigenvalue weighted by molar-refractivity contribution is 8.18. The predicted molar refractivity (Wildman–Crippen MR) is 128 cm³/mol. The zero-order valence-corrected chi connectivity index (χ0v) is 18.7. The number of carbonyl (C=O) groups is 1. The maximum atomic E-state index is 13.5. The molecular formula is C25H29N3OS. The summed E-state index contributed by atoms with van der Waals surface area (Å²) in [5.41, 5.74) is 3.07. The van der Waals surface area contributed by atoms with Crippen LogP contribution in [0.3, 0.4) is 0 Å². The van der Waals surface area contributed by atoms with Gasteiger partial charge in [0.2, 0.25) is 0 Å². The van der Waals surface area contributed by atoms with Gasteiger partial charge in [0, 0.05) is 25.8 Å². The maximum absolute atomic E-state index is 13.5. The van der Waals surface area contributed by atoms with E-state index in [4.69, 9.17) is 4.99 Å². The topological polar surface area (TPSA) is 35.9 Å². The van der Waals surface area contributed by atoms with Crippen molar-refractivity contribution in [1.82, 2.24) is 4.90 Å². The fourth-order valence-corrected chi connectivity index (χ4v) is 5.22. The Bertz CT molecular complexity index is 950. The minimum atomic E-state index is 0.0881. The highest BCUT2D eigenvalue weighted by Crippen LogP contribution is 2.40. The Hall–Kier alpha value is -2.53. The minimum absolute atomic E-state index is 0.0881. The average molecular weight is 420 g/mol. The van der Waals surface area contributed by atoms with Crippen LogP contribution in [0.5, 0.6) is 0 Å². The first-order valence-electron chi connectivity index (χ1n) is 10.7. The molecule has 1 saturated carbocycles. The monoisotopic (exact) mass is 419 g/mol. The third kappa shape index (κ3) is 4.46. The standard InChI is InChI=1S/C25H29N3OS/c1-18-9-7-8-12-22(18)28-24(29)23(17-19-13-15-21(16-14-19)27(2)3)30-25(28)26-20-10-5-4-6-11-20/h4-6,10-11,13-18,22H,7-9,12H2,1-3H3/b23-17-,26-25?/t18-,22+/m0/s1. The van der Waals surface area contributed by atoms with Crippen LogP contribution in [0, 0.1) is 5.92 Å². The van der Waals surface area contributed by atoms with Crippen molar-refractivity contribution in [3.8, 4) is 0 Å². The molecule has 2 aromatic carbocycles. The first-order chi connectivity index (χ1) is 14.5. The van der Waals surface area contributed by atoms with Crippen molar-refractivity contribution in [1.29, 1.82) is 0 Å². The largest absolute Gasteiger partial charge is 0.378 e. The van der Waals surface area contributed by atoms with E-state index in [-0.39, 0.29) is 11.9 Å². The molecule has 1 aliphatic carbocycles. The number of hydrogen-bond acceptors (Lipinski definition) is 4. The molecule has 4 nitrogen and oxygen atoms in total. The molecule has 4 rings (SSSR count). The molecule has 2 fully saturated rings. The molecule has 30 heavy (non-hydrogen) atoms. The van der Waals surface area contributed by atoms with Gasteiger partial charge in [-0.25, -0.2) is 4.99 Å². The van der Waals surface area contributed by atoms with Gasteiger partial charge in [-0.05, 0) is 66.4 Å². The fraction of sp³-hybridized carbons (Fsp3) is 0.360. The second-order valence-electron chi connectivity index (χ2n) is 8.33. The molecule has 0 N–H and O–H groups in total. The first kappa shape index (κ1) is 20.7. The Balaban J connectivity index is 1.68. The molecule has 1 heterocycles. The molecule has 1 amide bonds. The van der Waals surface area contributed by atoms with Crippen molar-refractivity contribution in [2.45, 2.75) is 38.6 Å². The van der Waals surface area contributed by atoms with Crippen molar-refractivity contribution >= 4 is 40.3 Å². The predicted octanol–water partition coefficient (Wildman–Crippen LogP) is 5.94. The molecule has 1 aliphatic heterocycles. The van der Waals surface area contributed by atoms with E-state index in [0.29, 0.717) is 5.92 Å². The second kappa shape index (κ2) is 9.09. The molecular weight excluding hydrogens is 390 g/mol. The maximum Gasteiger partial charge on any atom is 0.267 e. The number of amides is 1. The molecule has 0 spiro atoms. The summed E-state index contributed by atoms with van der Waals surface area (Å²) in [6.45, 7) is 2.27. The van der Waals surface area contributed by atoms with Gasteiger partial charge in [0.1, 0.15) is 0 Å². The van der Waals surface area contributed by atoms with E-state index >= 15 is 0 Å². The van der Waals surface area contributed by atoms with Crippen molar-refractivity contribution < 1.29 is 4.79 Å². The van der Waals surface area contributed by atoms with Gasteiger partial charge in [0.15, 0.2) is 5.17 Å². The smallest absolute Gasteiger partial charge is 0.267 e. The zero-order chi connectivity index (χ0) is 21.1. The van der Waals surface area contributed by atoms with Crippen LogP contribution in [0.2, 0.25) is 0 Å². The molecule has 2 atom stereocenters. The van der Waals surface area contributed by atoms with E-state index in [1.165, 1.54) is 31.0 Å². The molecule has 0 unspecified atom stereocenters. The van der Waals surface area contributed by atoms with Gasteiger partial charge in [-0.2, -0.15) is 0 Å². The van der Waals surface area contributed by atoms with Crippen molar-refractivity contribution in [3.05, 3.63) is 65.1 Å². The van der Waals surface area contributed by atoms with Crippen molar-refractivity contribution in [3.63, 3.8) is 0 Å². The summed E-state index contributed by atoms with van der Waals surface area (Å²) in [5.74, 6) is 0.577. The molecule has 0 aromatic heterocycles. The van der Waals surface area contributed by atoms with Crippen LogP contribution >= 0.6 is 11.8 Å². The fourth-order valence-electron chi connectivity index (χ4n) is 4.17. The zero-order valence-electron chi connectivity index (χ0n) is 17.9. The van der Waals surface area contributed by atoms with E-state index in [1.54, 1.807) is 0 Å². The van der Waals surface area contributed by atoms with E-state index in [2.05, 4.69) is 36.1 Å². The van der Waals surface area contributed by atoms with E-state index in [0.717, 1.165) is 33.4 Å². The van der Waals surface area contributed by atoms with Crippen molar-refractivity contribution in [2.24, 2.45) is 10.9 Å². The van der Waals surface area contributed by atoms with Crippen LogP contribution in [-0.4, -0.2) is 36.1 Å². The van der Waals surface area contributed by atoms with Crippen LogP contribution in [0.4, 0.5) is 11.4 Å². The Kier molecular flexibility index (Phi) is 6.28. The van der Waals surface area contributed by atoms with Gasteiger partial charge < -0.3 is 4.90 Å². The SMILES string of the molecule is C[C@H]1CCCC[C@H]1N1C(=O)/C(=C/c2ccc(N(C)C)cc2)SC1=Nc1ccccc1. The summed E-state index contributed by atoms with van der Waals surface area (Å²) >= 11 is 1.50. The lowest BCUT2D eigenvalue weighted by Crippen LogP contribution is -2.44. The number of anilines is 1. The van der Waals surface area contributed by atoms with Crippen LogP contribution in [0.25, 0.3) is 6.08 Å². The van der Waals surface area contributed by atoms with Gasteiger partial charge in [-0.1, -0.05) is 50.1 Å². The number of hydrogen-bond donors (Lipinski definition) is 0. The quantitative estimate of drug-likeness (QED) is 0.576. The normalized spacial score (nSPS) is 24.6. The van der Waals surface area contributed by atoms with Crippen LogP contribution < -0.4 is 4.90 Å². The van der Waals surface area contributed by atoms with E-state index in [1.807, 2.05) is 55.4 Å². The summed E-state index contributed by atoms with van der Waals surface area (Å²) in [5, 5.41) is 0.807. The number of amidine groups is 1. The molecule has 2 aliphatic rings. The average Bonchev–Trinajstić information content (AvgIpc) is 3.04. The van der Waals surface area contributed by atoms with Gasteiger partial charge in [0.05, 0.1) is 10.6 Å². The summed E-state index contributed by atoms with van der Waals surface area (Å²) in [6.07, 6.45) is 6.64. The molecule has 156 valence electrons. The van der Waals surface area contributed by atoms with E-state index in [9.17, 15) is 4.79 Å². The van der Waals surface area contributed by atoms with Crippen molar-refractivity contribution in [2.75, 3.05) is 19.0 Å². The highest BCUT2D eigenvalue weighted by atomic mass is 32.2. The number of thioether (sulfide) groups is 1. The van der Waals surface area contributed by atoms with Crippen LogP contribution in [0.15, 0.2) is 64.5 Å². The summed E-state index contributed by atoms with van der Waals surface area (Å²) in [7, 11) is 4.05. The molecule has 0 radical (unpaired) electrons. The second-order valence-corrected chi connectivity index (χ2v) is 9.34. The third-order valence-corrected chi connectivity index (χ3v) is 6.91. The molecule has 5 heteroatoms. The highest BCUT2D eigenvalue weighted by Gasteiger charge is 2.41. The third-order valence-electron chi connectivity index (χ3n) is 5.92. The summed E-state index contributed by atoms with van der Waals surface area (Å²) in [6, 6.07) is 18.4. The summed E-state index contributed by atoms with van der Waals surface area (Å²) in [4.78, 5) is 23.1. The Morgan fingerprint density at radius 1 is 1.03 bits per heavy atom. The number of aliphatic imine (C=N–C) groups is 1. The molecule has 1 saturated heterocycles. The molecule has 2 aromatic rings. The van der Waals surface area contributed by atoms with Crippen LogP contribution in [0.1, 0.15) is 38.2 Å². The molecule has 0 bridgehead atoms. The van der Waals surface area contributed by atoms with Gasteiger partial charge in [-0.3, -0.25) is 9.69 Å². The number of carbonyl (C=O) groups excluding carboxylic acids is 1. The lowest BCUT2D eigenvalue weighted by molar-refractivity contribution is -0.124. The number of nitrogens with zero attached hydrogens (tertiary/aromatic N) is 3. The number of rotatable bonds is 4.